The van der Waals surface area contributed by atoms with Gasteiger partial charge in [-0.25, -0.2) is 13.6 Å². The van der Waals surface area contributed by atoms with Crippen LogP contribution in [0, 0.1) is 0 Å². The number of hydrogen-bond acceptors (Lipinski definition) is 22. The Bertz CT molecular complexity index is 3700. The molecule has 4 rings (SSSR count). The molecule has 0 aliphatic carbocycles. The van der Waals surface area contributed by atoms with E-state index in [1.54, 1.807) is 84.9 Å². The minimum Gasteiger partial charge on any atom is -0.497 e. The van der Waals surface area contributed by atoms with E-state index >= 15 is 9.59 Å². The fraction of sp³-hybridized carbons (Fsp3) is 0.507. The van der Waals surface area contributed by atoms with Gasteiger partial charge in [0.15, 0.2) is 5.96 Å². The second-order valence-electron chi connectivity index (χ2n) is 25.3. The number of primary amides is 1. The second-order valence-corrected chi connectivity index (χ2v) is 27.8. The Morgan fingerprint density at radius 1 is 0.482 bits per heavy atom. The Labute approximate surface area is 646 Å². The van der Waals surface area contributed by atoms with E-state index in [-0.39, 0.29) is 142 Å². The summed E-state index contributed by atoms with van der Waals surface area (Å²) < 4.78 is 50.7. The molecule has 2 atom stereocenters. The van der Waals surface area contributed by atoms with Crippen LogP contribution >= 0.6 is 11.8 Å². The van der Waals surface area contributed by atoms with E-state index in [2.05, 4.69) is 20.9 Å². The first-order valence-corrected chi connectivity index (χ1v) is 38.4. The molecule has 0 spiro atoms. The Hall–Kier alpha value is -9.86. The molecule has 0 aliphatic rings. The van der Waals surface area contributed by atoms with Crippen molar-refractivity contribution in [3.63, 3.8) is 0 Å². The highest BCUT2D eigenvalue weighted by atomic mass is 32.2. The number of ether oxygens (including phenoxy) is 5. The molecular weight excluding hydrogens is 1470 g/mol. The zero-order valence-corrected chi connectivity index (χ0v) is 65.1. The maximum atomic E-state index is 15.2. The van der Waals surface area contributed by atoms with Crippen molar-refractivity contribution in [2.75, 3.05) is 185 Å². The first kappa shape index (κ1) is 92.5. The number of nitrogens with zero attached hydrogens (tertiary/aromatic N) is 9. The average molecular weight is 1580 g/mol. The smallest absolute Gasteiger partial charge is 0.243 e. The maximum Gasteiger partial charge on any atom is 0.243 e. The molecule has 0 radical (unpaired) electrons. The molecule has 0 aromatic heterocycles. The summed E-state index contributed by atoms with van der Waals surface area (Å²) in [7, 11) is 2.98. The summed E-state index contributed by atoms with van der Waals surface area (Å²) in [6.45, 7) is -7.01. The highest BCUT2D eigenvalue weighted by molar-refractivity contribution is 7.98. The Kier molecular flexibility index (Phi) is 42.7. The molecule has 0 bridgehead atoms. The van der Waals surface area contributed by atoms with Gasteiger partial charge in [-0.2, -0.15) is 11.8 Å². The summed E-state index contributed by atoms with van der Waals surface area (Å²) in [5.74, 6) is -7.10. The van der Waals surface area contributed by atoms with Crippen LogP contribution in [0.15, 0.2) is 119 Å². The molecule has 0 saturated carbocycles. The topological polar surface area (TPSA) is 467 Å². The molecule has 4 aromatic carbocycles. The molecule has 11 amide bonds. The first-order chi connectivity index (χ1) is 52.7. The summed E-state index contributed by atoms with van der Waals surface area (Å²) in [5.41, 5.74) is 18.9. The summed E-state index contributed by atoms with van der Waals surface area (Å²) in [6, 6.07) is 27.6. The number of carbonyl (C=O) groups is 11. The molecule has 0 aliphatic heterocycles. The number of primary sulfonamides is 1. The minimum absolute atomic E-state index is 0.00920. The molecule has 35 nitrogen and oxygen atoms in total. The zero-order chi connectivity index (χ0) is 81.0. The number of guanidine groups is 1. The number of amides is 11. The van der Waals surface area contributed by atoms with E-state index in [0.29, 0.717) is 33.8 Å². The van der Waals surface area contributed by atoms with Gasteiger partial charge in [0.2, 0.25) is 75.0 Å². The number of nitrogens with one attached hydrogen (secondary N) is 3. The van der Waals surface area contributed by atoms with E-state index < -0.39 is 139 Å². The number of carbonyl (C=O) groups excluding carboxylic acids is 11. The Morgan fingerprint density at radius 3 is 1.25 bits per heavy atom. The number of thioether (sulfide) groups is 1. The van der Waals surface area contributed by atoms with Gasteiger partial charge in [-0.3, -0.25) is 57.7 Å². The van der Waals surface area contributed by atoms with Crippen LogP contribution in [-0.2, 0) is 108 Å². The number of rotatable bonds is 54. The van der Waals surface area contributed by atoms with E-state index in [4.69, 9.17) is 46.0 Å². The lowest BCUT2D eigenvalue weighted by molar-refractivity contribution is -0.149. The SMILES string of the molecule is COCCN(CC(=O)N[C@@H](CCCN=C(N)N)C(=O)N[C@@H](CCSC)C(N)=O)C(=O)CN(CCOC)C(=O)CN(CCOC)C(=O)CN(CCOC)C(=O)CN(Cc1ccccc1)C(=O)CN(Cc1ccccc1)C(=O)CN(Cc1ccc(OC)cc1)C(=O)CN(CCc1ccc(S(N)(=O)=O)cc1)C(=O)CNCCO. The fourth-order valence-electron chi connectivity index (χ4n) is 10.8. The highest BCUT2D eigenvalue weighted by Crippen LogP contribution is 2.18. The highest BCUT2D eigenvalue weighted by Gasteiger charge is 2.33. The van der Waals surface area contributed by atoms with Crippen LogP contribution in [0.2, 0.25) is 0 Å². The number of nitrogens with two attached hydrogens (primary N) is 4. The van der Waals surface area contributed by atoms with Gasteiger partial charge in [0.25, 0.3) is 0 Å². The van der Waals surface area contributed by atoms with Gasteiger partial charge in [-0.15, -0.1) is 0 Å². The van der Waals surface area contributed by atoms with Crippen LogP contribution < -0.4 is 43.0 Å². The molecule has 110 heavy (non-hydrogen) atoms. The molecule has 0 saturated heterocycles. The molecular formula is C73H108N16O19S2. The fourth-order valence-corrected chi connectivity index (χ4v) is 11.8. The van der Waals surface area contributed by atoms with Gasteiger partial charge in [0.05, 0.1) is 84.3 Å². The lowest BCUT2D eigenvalue weighted by Crippen LogP contribution is -2.55. The molecule has 4 aromatic rings. The number of methoxy groups -OCH3 is 5. The van der Waals surface area contributed by atoms with Crippen LogP contribution in [0.4, 0.5) is 0 Å². The molecule has 606 valence electrons. The van der Waals surface area contributed by atoms with E-state index in [1.807, 2.05) is 6.26 Å². The van der Waals surface area contributed by atoms with Crippen molar-refractivity contribution in [2.24, 2.45) is 27.3 Å². The number of aliphatic imine (C=N–C) groups is 1. The summed E-state index contributed by atoms with van der Waals surface area (Å²) >= 11 is 1.43. The minimum atomic E-state index is -4.01. The molecule has 0 unspecified atom stereocenters. The quantitative estimate of drug-likeness (QED) is 0.0129. The van der Waals surface area contributed by atoms with Gasteiger partial charge < -0.3 is 101 Å². The van der Waals surface area contributed by atoms with Crippen molar-refractivity contribution in [2.45, 2.75) is 62.3 Å². The summed E-state index contributed by atoms with van der Waals surface area (Å²) in [5, 5.41) is 22.9. The molecule has 12 N–H and O–H groups in total. The second kappa shape index (κ2) is 50.8. The summed E-state index contributed by atoms with van der Waals surface area (Å²) in [4.78, 5) is 171. The zero-order valence-electron chi connectivity index (χ0n) is 63.5. The maximum absolute atomic E-state index is 15.2. The molecule has 0 fully saturated rings. The normalized spacial score (nSPS) is 11.6. The average Bonchev–Trinajstić information content (AvgIpc) is 0.874. The first-order valence-electron chi connectivity index (χ1n) is 35.4. The van der Waals surface area contributed by atoms with Crippen molar-refractivity contribution in [1.29, 1.82) is 0 Å². The standard InChI is InChI=1S/C73H108N16O19S2/c1-104-37-32-83(46-62(91)80-61(18-13-29-79-73(75)76)72(101)81-60(71(74)100)28-41-109-6)64(93)47-84(33-38-105-2)65(94)48-85(34-39-106-3)66(95)49-86(35-40-107-4)67(96)51-87(43-55-14-9-7-10-15-55)69(98)52-88(44-56-16-11-8-12-17-56)70(99)53-89(45-57-19-23-58(108-5)24-20-57)68(97)50-82(63(92)42-78-30-36-90)31-27-54-21-25-59(26-22-54)110(77,102)103/h7-12,14-17,19-26,60-61,78,90H,13,18,27-53H2,1-6H3,(H2,74,100)(H,80,91)(H,81,101)(H4,75,76,79)(H2,77,102,103)/t60-,61-/m0/s1. The number of hydrogen-bond donors (Lipinski definition) is 8. The van der Waals surface area contributed by atoms with Gasteiger partial charge in [0, 0.05) is 93.9 Å². The van der Waals surface area contributed by atoms with Gasteiger partial charge in [-0.05, 0) is 84.2 Å². The van der Waals surface area contributed by atoms with E-state index in [9.17, 15) is 56.7 Å². The largest absolute Gasteiger partial charge is 0.497 e. The Balaban J connectivity index is 1.66. The van der Waals surface area contributed by atoms with Crippen molar-refractivity contribution in [3.8, 4) is 5.75 Å². The third kappa shape index (κ3) is 34.8. The third-order valence-electron chi connectivity index (χ3n) is 17.0. The van der Waals surface area contributed by atoms with Crippen LogP contribution in [0.25, 0.3) is 0 Å². The predicted octanol–water partition coefficient (Wildman–Crippen LogP) is -2.46. The summed E-state index contributed by atoms with van der Waals surface area (Å²) in [6.07, 6.45) is 2.42. The van der Waals surface area contributed by atoms with Crippen molar-refractivity contribution in [1.82, 2.24) is 55.1 Å². The monoisotopic (exact) mass is 1580 g/mol. The number of benzene rings is 4. The van der Waals surface area contributed by atoms with Crippen molar-refractivity contribution >= 4 is 92.7 Å². The lowest BCUT2D eigenvalue weighted by Gasteiger charge is -2.33. The van der Waals surface area contributed by atoms with Gasteiger partial charge >= 0.3 is 0 Å². The van der Waals surface area contributed by atoms with Crippen molar-refractivity contribution < 1.29 is 89.9 Å². The number of aliphatic hydroxyl groups excluding tert-OH is 1. The molecule has 37 heteroatoms. The van der Waals surface area contributed by atoms with Crippen LogP contribution in [-0.4, -0.2) is 321 Å². The Morgan fingerprint density at radius 2 is 0.873 bits per heavy atom. The van der Waals surface area contributed by atoms with E-state index in [1.165, 1.54) is 91.2 Å². The van der Waals surface area contributed by atoms with Crippen LogP contribution in [0.1, 0.15) is 41.5 Å². The number of aliphatic hydroxyl groups is 1. The van der Waals surface area contributed by atoms with Crippen molar-refractivity contribution in [3.05, 3.63) is 131 Å². The molecule has 0 heterocycles. The number of sulfonamides is 1. The predicted molar refractivity (Wildman–Crippen MR) is 410 cm³/mol. The van der Waals surface area contributed by atoms with Gasteiger partial charge in [0.1, 0.15) is 37.5 Å². The lowest BCUT2D eigenvalue weighted by atomic mass is 10.1. The van der Waals surface area contributed by atoms with Gasteiger partial charge in [-0.1, -0.05) is 84.9 Å². The van der Waals surface area contributed by atoms with E-state index in [0.717, 1.165) is 19.6 Å². The third-order valence-corrected chi connectivity index (χ3v) is 18.6. The van der Waals surface area contributed by atoms with Crippen LogP contribution in [0.5, 0.6) is 5.75 Å². The van der Waals surface area contributed by atoms with Crippen LogP contribution in [0.3, 0.4) is 0 Å².